The minimum absolute atomic E-state index is 0.833. The van der Waals surface area contributed by atoms with Crippen LogP contribution in [0.15, 0.2) is 0 Å². The van der Waals surface area contributed by atoms with E-state index in [1.807, 2.05) is 0 Å². The number of fused-ring (bicyclic) bond motifs is 2. The van der Waals surface area contributed by atoms with Gasteiger partial charge in [0.15, 0.2) is 0 Å². The molecule has 0 aromatic heterocycles. The number of nitrogens with one attached hydrogen (secondary N) is 1. The average Bonchev–Trinajstić information content (AvgIpc) is 2.46. The van der Waals surface area contributed by atoms with Crippen LogP contribution in [0.3, 0.4) is 0 Å². The maximum absolute atomic E-state index is 3.42. The highest BCUT2D eigenvalue weighted by Crippen LogP contribution is 2.28. The Hall–Kier alpha value is -0.120. The van der Waals surface area contributed by atoms with Crippen molar-refractivity contribution in [2.45, 2.75) is 38.3 Å². The molecule has 2 bridgehead atoms. The molecule has 0 saturated carbocycles. The third kappa shape index (κ3) is 2.71. The molecule has 0 aliphatic carbocycles. The Labute approximate surface area is 93.8 Å². The van der Waals surface area contributed by atoms with Crippen LogP contribution in [0.25, 0.3) is 0 Å². The SMILES string of the molecule is CCNCCN1CCC2CCC(C1)N2C. The van der Waals surface area contributed by atoms with Gasteiger partial charge >= 0.3 is 0 Å². The van der Waals surface area contributed by atoms with E-state index in [0.29, 0.717) is 0 Å². The smallest absolute Gasteiger partial charge is 0.0223 e. The van der Waals surface area contributed by atoms with Crippen molar-refractivity contribution in [2.24, 2.45) is 0 Å². The Morgan fingerprint density at radius 1 is 1.20 bits per heavy atom. The van der Waals surface area contributed by atoms with Crippen LogP contribution in [0.4, 0.5) is 0 Å². The molecule has 2 aliphatic rings. The highest BCUT2D eigenvalue weighted by atomic mass is 15.3. The predicted molar refractivity (Wildman–Crippen MR) is 64.2 cm³/mol. The van der Waals surface area contributed by atoms with Crippen LogP contribution in [0, 0.1) is 0 Å². The second-order valence-electron chi connectivity index (χ2n) is 4.99. The van der Waals surface area contributed by atoms with E-state index in [-0.39, 0.29) is 0 Å². The van der Waals surface area contributed by atoms with Gasteiger partial charge in [-0.05, 0) is 39.4 Å². The van der Waals surface area contributed by atoms with Gasteiger partial charge in [-0.2, -0.15) is 0 Å². The maximum atomic E-state index is 3.42. The number of rotatable bonds is 4. The minimum atomic E-state index is 0.833. The van der Waals surface area contributed by atoms with Gasteiger partial charge in [-0.3, -0.25) is 4.90 Å². The third-order valence-electron chi connectivity index (χ3n) is 4.09. The molecular formula is C12H25N3. The van der Waals surface area contributed by atoms with Crippen LogP contribution in [0.5, 0.6) is 0 Å². The summed E-state index contributed by atoms with van der Waals surface area (Å²) in [5, 5.41) is 3.42. The lowest BCUT2D eigenvalue weighted by Crippen LogP contribution is -2.39. The van der Waals surface area contributed by atoms with Gasteiger partial charge in [0.05, 0.1) is 0 Å². The van der Waals surface area contributed by atoms with E-state index in [9.17, 15) is 0 Å². The summed E-state index contributed by atoms with van der Waals surface area (Å²) in [6.07, 6.45) is 4.22. The Morgan fingerprint density at radius 2 is 2.00 bits per heavy atom. The lowest BCUT2D eigenvalue weighted by atomic mass is 10.1. The first kappa shape index (κ1) is 11.4. The molecule has 3 nitrogen and oxygen atoms in total. The lowest BCUT2D eigenvalue weighted by molar-refractivity contribution is 0.219. The number of hydrogen-bond acceptors (Lipinski definition) is 3. The number of likely N-dealkylation sites (tertiary alicyclic amines) is 1. The van der Waals surface area contributed by atoms with Crippen molar-refractivity contribution in [1.82, 2.24) is 15.1 Å². The van der Waals surface area contributed by atoms with Gasteiger partial charge in [-0.1, -0.05) is 6.92 Å². The zero-order valence-corrected chi connectivity index (χ0v) is 10.2. The Morgan fingerprint density at radius 3 is 2.80 bits per heavy atom. The Bertz CT molecular complexity index is 195. The second kappa shape index (κ2) is 5.28. The molecule has 2 rings (SSSR count). The van der Waals surface area contributed by atoms with E-state index < -0.39 is 0 Å². The highest BCUT2D eigenvalue weighted by Gasteiger charge is 2.34. The first-order valence-corrected chi connectivity index (χ1v) is 6.46. The lowest BCUT2D eigenvalue weighted by Gasteiger charge is -2.25. The van der Waals surface area contributed by atoms with Gasteiger partial charge in [0.1, 0.15) is 0 Å². The molecule has 0 aromatic rings. The van der Waals surface area contributed by atoms with Crippen LogP contribution < -0.4 is 5.32 Å². The standard InChI is InChI=1S/C12H25N3/c1-3-13-7-9-15-8-6-11-4-5-12(10-15)14(11)2/h11-13H,3-10H2,1-2H3. The molecule has 15 heavy (non-hydrogen) atoms. The first-order chi connectivity index (χ1) is 7.31. The number of nitrogens with zero attached hydrogens (tertiary/aromatic N) is 2. The van der Waals surface area contributed by atoms with E-state index in [2.05, 4.69) is 29.1 Å². The summed E-state index contributed by atoms with van der Waals surface area (Å²) < 4.78 is 0. The van der Waals surface area contributed by atoms with Crippen molar-refractivity contribution < 1.29 is 0 Å². The van der Waals surface area contributed by atoms with Crippen LogP contribution in [0.2, 0.25) is 0 Å². The van der Waals surface area contributed by atoms with E-state index in [1.54, 1.807) is 0 Å². The molecule has 2 heterocycles. The van der Waals surface area contributed by atoms with E-state index in [1.165, 1.54) is 38.9 Å². The summed E-state index contributed by atoms with van der Waals surface area (Å²) in [5.41, 5.74) is 0. The molecule has 2 aliphatic heterocycles. The van der Waals surface area contributed by atoms with Crippen LogP contribution in [-0.4, -0.2) is 61.7 Å². The summed E-state index contributed by atoms with van der Waals surface area (Å²) in [4.78, 5) is 5.26. The summed E-state index contributed by atoms with van der Waals surface area (Å²) in [6.45, 7) is 8.25. The Kier molecular flexibility index (Phi) is 4.00. The van der Waals surface area contributed by atoms with Gasteiger partial charge in [-0.15, -0.1) is 0 Å². The second-order valence-corrected chi connectivity index (χ2v) is 4.99. The van der Waals surface area contributed by atoms with Crippen molar-refractivity contribution in [3.05, 3.63) is 0 Å². The fourth-order valence-corrected chi connectivity index (χ4v) is 3.00. The molecular weight excluding hydrogens is 186 g/mol. The molecule has 2 saturated heterocycles. The highest BCUT2D eigenvalue weighted by molar-refractivity contribution is 4.90. The average molecular weight is 211 g/mol. The largest absolute Gasteiger partial charge is 0.316 e. The fraction of sp³-hybridized carbons (Fsp3) is 1.00. The van der Waals surface area contributed by atoms with Crippen molar-refractivity contribution in [2.75, 3.05) is 39.8 Å². The summed E-state index contributed by atoms with van der Waals surface area (Å²) in [5.74, 6) is 0. The fourth-order valence-electron chi connectivity index (χ4n) is 3.00. The molecule has 0 radical (unpaired) electrons. The van der Waals surface area contributed by atoms with Crippen LogP contribution in [0.1, 0.15) is 26.2 Å². The molecule has 3 heteroatoms. The van der Waals surface area contributed by atoms with Gasteiger partial charge in [0.25, 0.3) is 0 Å². The van der Waals surface area contributed by atoms with Crippen molar-refractivity contribution in [3.63, 3.8) is 0 Å². The molecule has 2 unspecified atom stereocenters. The van der Waals surface area contributed by atoms with Gasteiger partial charge in [0, 0.05) is 31.7 Å². The molecule has 0 spiro atoms. The molecule has 0 amide bonds. The van der Waals surface area contributed by atoms with E-state index in [0.717, 1.165) is 25.2 Å². The summed E-state index contributed by atoms with van der Waals surface area (Å²) >= 11 is 0. The van der Waals surface area contributed by atoms with E-state index >= 15 is 0 Å². The monoisotopic (exact) mass is 211 g/mol. The van der Waals surface area contributed by atoms with Crippen molar-refractivity contribution in [3.8, 4) is 0 Å². The Balaban J connectivity index is 1.79. The normalized spacial score (nSPS) is 33.2. The molecule has 2 fully saturated rings. The van der Waals surface area contributed by atoms with E-state index in [4.69, 9.17) is 0 Å². The van der Waals surface area contributed by atoms with Gasteiger partial charge in [-0.25, -0.2) is 0 Å². The molecule has 0 aromatic carbocycles. The van der Waals surface area contributed by atoms with Crippen LogP contribution >= 0.6 is 0 Å². The number of hydrogen-bond donors (Lipinski definition) is 1. The number of likely N-dealkylation sites (N-methyl/N-ethyl adjacent to an activating group) is 2. The molecule has 2 atom stereocenters. The predicted octanol–water partition coefficient (Wildman–Crippen LogP) is 0.764. The summed E-state index contributed by atoms with van der Waals surface area (Å²) in [6, 6.07) is 1.71. The minimum Gasteiger partial charge on any atom is -0.316 e. The van der Waals surface area contributed by atoms with Crippen LogP contribution in [-0.2, 0) is 0 Å². The van der Waals surface area contributed by atoms with Gasteiger partial charge in [0.2, 0.25) is 0 Å². The van der Waals surface area contributed by atoms with Gasteiger partial charge < -0.3 is 10.2 Å². The molecule has 88 valence electrons. The summed E-state index contributed by atoms with van der Waals surface area (Å²) in [7, 11) is 2.32. The van der Waals surface area contributed by atoms with Crippen molar-refractivity contribution in [1.29, 1.82) is 0 Å². The zero-order chi connectivity index (χ0) is 10.7. The zero-order valence-electron chi connectivity index (χ0n) is 10.2. The molecule has 1 N–H and O–H groups in total. The quantitative estimate of drug-likeness (QED) is 0.693. The topological polar surface area (TPSA) is 18.5 Å². The maximum Gasteiger partial charge on any atom is 0.0223 e. The third-order valence-corrected chi connectivity index (χ3v) is 4.09. The van der Waals surface area contributed by atoms with Crippen molar-refractivity contribution >= 4 is 0 Å². The first-order valence-electron chi connectivity index (χ1n) is 6.46.